The van der Waals surface area contributed by atoms with Crippen molar-refractivity contribution in [3.05, 3.63) is 0 Å². The summed E-state index contributed by atoms with van der Waals surface area (Å²) >= 11 is 0. The first-order valence-electron chi connectivity index (χ1n) is 2.03. The molecule has 0 bridgehead atoms. The third-order valence-corrected chi connectivity index (χ3v) is 1.72. The minimum Gasteiger partial charge on any atom is -0.323 e. The first-order chi connectivity index (χ1) is 4.15. The van der Waals surface area contributed by atoms with Gasteiger partial charge in [0, 0.05) is 0 Å². The zero-order chi connectivity index (χ0) is 8.58. The van der Waals surface area contributed by atoms with Crippen LogP contribution in [0.2, 0.25) is 0 Å². The minimum atomic E-state index is -5.23. The predicted octanol–water partition coefficient (Wildman–Crippen LogP) is 0.0112. The Balaban J connectivity index is 4.39. The molecule has 0 saturated carbocycles. The molecule has 0 aromatic heterocycles. The lowest BCUT2D eigenvalue weighted by Gasteiger charge is -2.15. The van der Waals surface area contributed by atoms with E-state index < -0.39 is 19.6 Å². The van der Waals surface area contributed by atoms with E-state index in [1.807, 2.05) is 0 Å². The molecule has 4 nitrogen and oxygen atoms in total. The smallest absolute Gasteiger partial charge is 0.323 e. The quantitative estimate of drug-likeness (QED) is 0.495. The highest BCUT2D eigenvalue weighted by atomic mass is 31.2. The Morgan fingerprint density at radius 3 is 1.70 bits per heavy atom. The van der Waals surface area contributed by atoms with Crippen LogP contribution in [-0.4, -0.2) is 21.7 Å². The maximum atomic E-state index is 11.3. The van der Waals surface area contributed by atoms with Crippen molar-refractivity contribution in [1.82, 2.24) is 0 Å². The van der Waals surface area contributed by atoms with Crippen LogP contribution in [0.25, 0.3) is 0 Å². The summed E-state index contributed by atoms with van der Waals surface area (Å²) in [5, 5.41) is 0. The summed E-state index contributed by atoms with van der Waals surface area (Å²) in [5.74, 6) is -3.07. The number of hydrogen-bond acceptors (Lipinski definition) is 2. The third kappa shape index (κ3) is 2.66. The van der Waals surface area contributed by atoms with Gasteiger partial charge in [0.1, 0.15) is 0 Å². The molecular formula is C2H5F3NO3P. The van der Waals surface area contributed by atoms with Crippen molar-refractivity contribution in [2.75, 3.05) is 0 Å². The van der Waals surface area contributed by atoms with Crippen LogP contribution in [0, 0.1) is 0 Å². The highest BCUT2D eigenvalue weighted by Gasteiger charge is 2.47. The van der Waals surface area contributed by atoms with E-state index in [-0.39, 0.29) is 0 Å². The zero-order valence-electron chi connectivity index (χ0n) is 4.54. The fraction of sp³-hybridized carbons (Fsp3) is 1.00. The molecule has 1 atom stereocenters. The molecule has 0 saturated heterocycles. The van der Waals surface area contributed by atoms with Gasteiger partial charge in [0.05, 0.1) is 0 Å². The second-order valence-electron chi connectivity index (χ2n) is 1.58. The van der Waals surface area contributed by atoms with Gasteiger partial charge in [0.25, 0.3) is 0 Å². The van der Waals surface area contributed by atoms with Gasteiger partial charge in [-0.05, 0) is 0 Å². The van der Waals surface area contributed by atoms with Crippen LogP contribution in [0.4, 0.5) is 13.2 Å². The van der Waals surface area contributed by atoms with Crippen LogP contribution >= 0.6 is 7.60 Å². The van der Waals surface area contributed by atoms with Crippen molar-refractivity contribution >= 4 is 7.60 Å². The zero-order valence-corrected chi connectivity index (χ0v) is 5.43. The number of rotatable bonds is 1. The molecule has 0 aliphatic heterocycles. The largest absolute Gasteiger partial charge is 0.415 e. The lowest BCUT2D eigenvalue weighted by molar-refractivity contribution is -0.132. The van der Waals surface area contributed by atoms with E-state index in [2.05, 4.69) is 5.73 Å². The second kappa shape index (κ2) is 2.50. The Morgan fingerprint density at radius 1 is 1.40 bits per heavy atom. The van der Waals surface area contributed by atoms with Crippen molar-refractivity contribution < 1.29 is 27.5 Å². The summed E-state index contributed by atoms with van der Waals surface area (Å²) in [6.07, 6.45) is -5.04. The topological polar surface area (TPSA) is 83.6 Å². The van der Waals surface area contributed by atoms with Gasteiger partial charge in [0.2, 0.25) is 5.78 Å². The van der Waals surface area contributed by atoms with Crippen molar-refractivity contribution in [1.29, 1.82) is 0 Å². The first kappa shape index (κ1) is 9.90. The summed E-state index contributed by atoms with van der Waals surface area (Å²) in [6, 6.07) is 0. The van der Waals surface area contributed by atoms with Gasteiger partial charge in [-0.2, -0.15) is 13.2 Å². The molecule has 0 fully saturated rings. The van der Waals surface area contributed by atoms with Crippen LogP contribution < -0.4 is 5.73 Å². The number of hydrogen-bond donors (Lipinski definition) is 3. The van der Waals surface area contributed by atoms with Gasteiger partial charge in [-0.3, -0.25) is 4.57 Å². The SMILES string of the molecule is NC(C(F)(F)F)P(=O)(O)O. The maximum absolute atomic E-state index is 11.3. The highest BCUT2D eigenvalue weighted by Crippen LogP contribution is 2.45. The summed E-state index contributed by atoms with van der Waals surface area (Å²) in [4.78, 5) is 15.8. The normalized spacial score (nSPS) is 17.0. The van der Waals surface area contributed by atoms with Crippen molar-refractivity contribution in [2.45, 2.75) is 12.0 Å². The fourth-order valence-corrected chi connectivity index (χ4v) is 0.572. The van der Waals surface area contributed by atoms with Crippen molar-refractivity contribution in [3.8, 4) is 0 Å². The molecule has 0 aliphatic rings. The monoisotopic (exact) mass is 179 g/mol. The average Bonchev–Trinajstić information content (AvgIpc) is 1.59. The van der Waals surface area contributed by atoms with E-state index in [4.69, 9.17) is 9.79 Å². The van der Waals surface area contributed by atoms with Crippen molar-refractivity contribution in [2.24, 2.45) is 5.73 Å². The van der Waals surface area contributed by atoms with E-state index >= 15 is 0 Å². The molecule has 0 aliphatic carbocycles. The summed E-state index contributed by atoms with van der Waals surface area (Å²) < 4.78 is 43.8. The van der Waals surface area contributed by atoms with Gasteiger partial charge in [-0.1, -0.05) is 0 Å². The third-order valence-electron chi connectivity index (χ3n) is 0.698. The van der Waals surface area contributed by atoms with E-state index in [9.17, 15) is 17.7 Å². The second-order valence-corrected chi connectivity index (χ2v) is 3.31. The summed E-state index contributed by atoms with van der Waals surface area (Å²) in [5.41, 5.74) is 4.14. The molecular weight excluding hydrogens is 174 g/mol. The number of alkyl halides is 3. The molecule has 0 spiro atoms. The summed E-state index contributed by atoms with van der Waals surface area (Å²) in [6.45, 7) is 0. The Kier molecular flexibility index (Phi) is 2.48. The molecule has 0 aromatic rings. The molecule has 1 unspecified atom stereocenters. The van der Waals surface area contributed by atoms with E-state index in [1.165, 1.54) is 0 Å². The molecule has 0 radical (unpaired) electrons. The Hall–Kier alpha value is -0.100. The van der Waals surface area contributed by atoms with Crippen LogP contribution in [0.15, 0.2) is 0 Å². The first-order valence-corrected chi connectivity index (χ1v) is 3.71. The molecule has 10 heavy (non-hydrogen) atoms. The lowest BCUT2D eigenvalue weighted by atomic mass is 10.7. The average molecular weight is 179 g/mol. The van der Waals surface area contributed by atoms with Gasteiger partial charge in [-0.15, -0.1) is 0 Å². The lowest BCUT2D eigenvalue weighted by Crippen LogP contribution is -2.36. The number of nitrogens with two attached hydrogens (primary N) is 1. The minimum absolute atomic E-state index is 3.07. The molecule has 8 heteroatoms. The van der Waals surface area contributed by atoms with E-state index in [0.717, 1.165) is 0 Å². The van der Waals surface area contributed by atoms with E-state index in [1.54, 1.807) is 0 Å². The van der Waals surface area contributed by atoms with Crippen LogP contribution in [0.1, 0.15) is 0 Å². The molecule has 0 aromatic carbocycles. The molecule has 0 amide bonds. The standard InChI is InChI=1S/C2H5F3NO3P/c3-2(4,5)1(6)10(7,8)9/h1H,6H2,(H2,7,8,9). The predicted molar refractivity (Wildman–Crippen MR) is 26.1 cm³/mol. The number of halogens is 3. The fourth-order valence-electron chi connectivity index (χ4n) is 0.191. The molecule has 4 N–H and O–H groups in total. The van der Waals surface area contributed by atoms with Gasteiger partial charge in [-0.25, -0.2) is 0 Å². The molecule has 0 rings (SSSR count). The molecule has 62 valence electrons. The Bertz CT molecular complexity index is 162. The van der Waals surface area contributed by atoms with Gasteiger partial charge in [0.15, 0.2) is 0 Å². The maximum Gasteiger partial charge on any atom is 0.415 e. The Labute approximate surface area is 54.0 Å². The highest BCUT2D eigenvalue weighted by molar-refractivity contribution is 7.52. The van der Waals surface area contributed by atoms with Crippen LogP contribution in [0.3, 0.4) is 0 Å². The van der Waals surface area contributed by atoms with Crippen LogP contribution in [0.5, 0.6) is 0 Å². The van der Waals surface area contributed by atoms with E-state index in [0.29, 0.717) is 0 Å². The van der Waals surface area contributed by atoms with Crippen molar-refractivity contribution in [3.63, 3.8) is 0 Å². The molecule has 0 heterocycles. The summed E-state index contributed by atoms with van der Waals surface area (Å²) in [7, 11) is -5.23. The Morgan fingerprint density at radius 2 is 1.70 bits per heavy atom. The van der Waals surface area contributed by atoms with Gasteiger partial charge < -0.3 is 15.5 Å². The van der Waals surface area contributed by atoms with Crippen LogP contribution in [-0.2, 0) is 4.57 Å². The van der Waals surface area contributed by atoms with Gasteiger partial charge >= 0.3 is 13.8 Å².